The quantitative estimate of drug-likeness (QED) is 0.734. The number of halogens is 1. The van der Waals surface area contributed by atoms with E-state index in [-0.39, 0.29) is 11.3 Å². The topological polar surface area (TPSA) is 51.7 Å². The Balaban J connectivity index is -0.000000187. The number of hydrogen-bond acceptors (Lipinski definition) is 1. The van der Waals surface area contributed by atoms with Gasteiger partial charge in [0.1, 0.15) is 5.82 Å². The summed E-state index contributed by atoms with van der Waals surface area (Å²) in [7, 11) is 1.00. The zero-order chi connectivity index (χ0) is 12.5. The van der Waals surface area contributed by atoms with Gasteiger partial charge in [-0.25, -0.2) is 4.39 Å². The van der Waals surface area contributed by atoms with Crippen LogP contribution in [-0.2, 0) is 0 Å². The highest BCUT2D eigenvalue weighted by atomic mass is 19.1. The lowest BCUT2D eigenvalue weighted by Crippen LogP contribution is -1.93. The van der Waals surface area contributed by atoms with Crippen LogP contribution >= 0.6 is 0 Å². The van der Waals surface area contributed by atoms with E-state index >= 15 is 0 Å². The summed E-state index contributed by atoms with van der Waals surface area (Å²) in [5.41, 5.74) is 1.59. The largest absolute Gasteiger partial charge is 0.412 e. The number of benzene rings is 1. The molecule has 1 aromatic rings. The van der Waals surface area contributed by atoms with E-state index in [0.29, 0.717) is 5.41 Å². The lowest BCUT2D eigenvalue weighted by atomic mass is 10.0. The first-order valence-corrected chi connectivity index (χ1v) is 4.96. The zero-order valence-electron chi connectivity index (χ0n) is 11.1. The SMILES string of the molecule is CC(C)(C)C.CO.Cc1ccc(F)cc1.O. The minimum absolute atomic E-state index is 0. The van der Waals surface area contributed by atoms with Crippen molar-refractivity contribution in [3.8, 4) is 0 Å². The number of aliphatic hydroxyl groups is 1. The molecule has 0 fully saturated rings. The van der Waals surface area contributed by atoms with Crippen LogP contribution in [0.5, 0.6) is 0 Å². The van der Waals surface area contributed by atoms with Crippen molar-refractivity contribution in [3.63, 3.8) is 0 Å². The first-order valence-electron chi connectivity index (χ1n) is 4.96. The molecular weight excluding hydrogens is 207 g/mol. The Bertz CT molecular complexity index is 210. The Hall–Kier alpha value is -0.930. The molecule has 1 rings (SSSR count). The van der Waals surface area contributed by atoms with Gasteiger partial charge in [0.25, 0.3) is 0 Å². The van der Waals surface area contributed by atoms with Gasteiger partial charge in [-0.1, -0.05) is 45.4 Å². The molecule has 0 aliphatic carbocycles. The molecular formula is C13H25FO2. The minimum Gasteiger partial charge on any atom is -0.412 e. The van der Waals surface area contributed by atoms with Gasteiger partial charge in [0.2, 0.25) is 0 Å². The Morgan fingerprint density at radius 3 is 1.38 bits per heavy atom. The molecule has 3 heteroatoms. The number of rotatable bonds is 0. The molecule has 0 bridgehead atoms. The second-order valence-corrected chi connectivity index (χ2v) is 4.80. The summed E-state index contributed by atoms with van der Waals surface area (Å²) in [5.74, 6) is -0.171. The first kappa shape index (κ1) is 20.5. The van der Waals surface area contributed by atoms with E-state index in [4.69, 9.17) is 5.11 Å². The van der Waals surface area contributed by atoms with E-state index in [1.807, 2.05) is 6.92 Å². The normalized spacial score (nSPS) is 8.75. The lowest BCUT2D eigenvalue weighted by molar-refractivity contribution is 0.399. The summed E-state index contributed by atoms with van der Waals surface area (Å²) < 4.78 is 12.1. The van der Waals surface area contributed by atoms with Gasteiger partial charge in [-0.15, -0.1) is 0 Å². The van der Waals surface area contributed by atoms with E-state index in [9.17, 15) is 4.39 Å². The summed E-state index contributed by atoms with van der Waals surface area (Å²) in [4.78, 5) is 0. The number of hydrogen-bond donors (Lipinski definition) is 1. The molecule has 0 amide bonds. The summed E-state index contributed by atoms with van der Waals surface area (Å²) in [6, 6.07) is 6.40. The van der Waals surface area contributed by atoms with Gasteiger partial charge in [-0.3, -0.25) is 0 Å². The highest BCUT2D eigenvalue weighted by Crippen LogP contribution is 2.08. The van der Waals surface area contributed by atoms with Gasteiger partial charge in [0.05, 0.1) is 0 Å². The van der Waals surface area contributed by atoms with Crippen molar-refractivity contribution in [3.05, 3.63) is 35.6 Å². The second kappa shape index (κ2) is 10.6. The maximum absolute atomic E-state index is 12.1. The van der Waals surface area contributed by atoms with Crippen molar-refractivity contribution in [2.45, 2.75) is 34.6 Å². The summed E-state index contributed by atoms with van der Waals surface area (Å²) in [6.45, 7) is 10.7. The van der Waals surface area contributed by atoms with Crippen LogP contribution in [0.15, 0.2) is 24.3 Å². The molecule has 0 unspecified atom stereocenters. The monoisotopic (exact) mass is 232 g/mol. The van der Waals surface area contributed by atoms with Gasteiger partial charge in [-0.2, -0.15) is 0 Å². The van der Waals surface area contributed by atoms with Crippen molar-refractivity contribution < 1.29 is 15.0 Å². The zero-order valence-corrected chi connectivity index (χ0v) is 11.1. The van der Waals surface area contributed by atoms with E-state index < -0.39 is 0 Å². The highest BCUT2D eigenvalue weighted by Gasteiger charge is 1.95. The fourth-order valence-corrected chi connectivity index (χ4v) is 0.533. The van der Waals surface area contributed by atoms with Crippen molar-refractivity contribution in [1.29, 1.82) is 0 Å². The van der Waals surface area contributed by atoms with Gasteiger partial charge >= 0.3 is 0 Å². The van der Waals surface area contributed by atoms with E-state index in [1.165, 1.54) is 12.1 Å². The molecule has 16 heavy (non-hydrogen) atoms. The number of aryl methyl sites for hydroxylation is 1. The number of aliphatic hydroxyl groups excluding tert-OH is 1. The second-order valence-electron chi connectivity index (χ2n) is 4.80. The average molecular weight is 232 g/mol. The van der Waals surface area contributed by atoms with Crippen LogP contribution in [0.3, 0.4) is 0 Å². The highest BCUT2D eigenvalue weighted by molar-refractivity contribution is 5.13. The fraction of sp³-hybridized carbons (Fsp3) is 0.538. The fourth-order valence-electron chi connectivity index (χ4n) is 0.533. The molecule has 0 aliphatic heterocycles. The molecule has 0 aromatic heterocycles. The van der Waals surface area contributed by atoms with Crippen LogP contribution in [0, 0.1) is 18.2 Å². The van der Waals surface area contributed by atoms with Crippen LogP contribution < -0.4 is 0 Å². The molecule has 0 radical (unpaired) electrons. The molecule has 0 saturated heterocycles. The Morgan fingerprint density at radius 2 is 1.19 bits per heavy atom. The van der Waals surface area contributed by atoms with Crippen LogP contribution in [0.25, 0.3) is 0 Å². The Labute approximate surface area is 98.4 Å². The average Bonchev–Trinajstić information content (AvgIpc) is 2.11. The maximum atomic E-state index is 12.1. The van der Waals surface area contributed by atoms with Crippen molar-refractivity contribution in [2.24, 2.45) is 5.41 Å². The van der Waals surface area contributed by atoms with Crippen LogP contribution in [0.2, 0.25) is 0 Å². The summed E-state index contributed by atoms with van der Waals surface area (Å²) in [5, 5.41) is 7.00. The molecule has 0 atom stereocenters. The Morgan fingerprint density at radius 1 is 0.938 bits per heavy atom. The molecule has 0 heterocycles. The predicted molar refractivity (Wildman–Crippen MR) is 68.0 cm³/mol. The van der Waals surface area contributed by atoms with E-state index in [0.717, 1.165) is 12.7 Å². The predicted octanol–water partition coefficient (Wildman–Crippen LogP) is 2.97. The maximum Gasteiger partial charge on any atom is 0.123 e. The standard InChI is InChI=1S/C7H7F.C5H12.CH4O.H2O/c1-6-2-4-7(8)5-3-6;1-5(2,3)4;1-2;/h2-5H,1H3;1-4H3;2H,1H3;1H2. The summed E-state index contributed by atoms with van der Waals surface area (Å²) >= 11 is 0. The first-order chi connectivity index (χ1) is 6.79. The molecule has 0 saturated carbocycles. The van der Waals surface area contributed by atoms with Gasteiger partial charge < -0.3 is 10.6 Å². The van der Waals surface area contributed by atoms with E-state index in [2.05, 4.69) is 27.7 Å². The third-order valence-electron chi connectivity index (χ3n) is 1.01. The van der Waals surface area contributed by atoms with Gasteiger partial charge in [0.15, 0.2) is 0 Å². The van der Waals surface area contributed by atoms with Crippen molar-refractivity contribution >= 4 is 0 Å². The third kappa shape index (κ3) is 23.1. The Kier molecular flexibility index (Phi) is 13.5. The van der Waals surface area contributed by atoms with Crippen molar-refractivity contribution in [2.75, 3.05) is 7.11 Å². The van der Waals surface area contributed by atoms with Crippen LogP contribution in [-0.4, -0.2) is 17.7 Å². The molecule has 0 spiro atoms. The molecule has 1 aromatic carbocycles. The van der Waals surface area contributed by atoms with E-state index in [1.54, 1.807) is 12.1 Å². The molecule has 3 N–H and O–H groups in total. The molecule has 0 aliphatic rings. The molecule has 2 nitrogen and oxygen atoms in total. The van der Waals surface area contributed by atoms with Crippen LogP contribution in [0.4, 0.5) is 4.39 Å². The molecule has 96 valence electrons. The van der Waals surface area contributed by atoms with Gasteiger partial charge in [0, 0.05) is 7.11 Å². The van der Waals surface area contributed by atoms with Crippen LogP contribution in [0.1, 0.15) is 33.3 Å². The smallest absolute Gasteiger partial charge is 0.123 e. The third-order valence-corrected chi connectivity index (χ3v) is 1.01. The minimum atomic E-state index is -0.171. The van der Waals surface area contributed by atoms with Gasteiger partial charge in [-0.05, 0) is 24.5 Å². The van der Waals surface area contributed by atoms with Crippen molar-refractivity contribution in [1.82, 2.24) is 0 Å². The lowest BCUT2D eigenvalue weighted by Gasteiger charge is -2.05. The summed E-state index contributed by atoms with van der Waals surface area (Å²) in [6.07, 6.45) is 0.